The zero-order chi connectivity index (χ0) is 15.2. The molecule has 0 fully saturated rings. The predicted octanol–water partition coefficient (Wildman–Crippen LogP) is 5.10. The van der Waals surface area contributed by atoms with Crippen molar-refractivity contribution in [3.05, 3.63) is 51.1 Å². The molecule has 0 amide bonds. The Morgan fingerprint density at radius 1 is 1.33 bits per heavy atom. The molecular weight excluding hydrogens is 352 g/mol. The minimum atomic E-state index is 0.563. The molecule has 0 bridgehead atoms. The number of nitrogens with one attached hydrogen (secondary N) is 1. The first kappa shape index (κ1) is 16.3. The molecule has 0 atom stereocenters. The van der Waals surface area contributed by atoms with Crippen LogP contribution in [-0.2, 0) is 6.54 Å². The summed E-state index contributed by atoms with van der Waals surface area (Å²) in [5.74, 6) is 1.17. The summed E-state index contributed by atoms with van der Waals surface area (Å²) in [6, 6.07) is 7.58. The molecule has 1 N–H and O–H groups in total. The zero-order valence-electron chi connectivity index (χ0n) is 12.1. The predicted molar refractivity (Wildman–Crippen MR) is 90.2 cm³/mol. The van der Waals surface area contributed by atoms with Gasteiger partial charge in [-0.3, -0.25) is 0 Å². The van der Waals surface area contributed by atoms with Crippen molar-refractivity contribution in [3.63, 3.8) is 0 Å². The minimum absolute atomic E-state index is 0.563. The third-order valence-electron chi connectivity index (χ3n) is 2.94. The van der Waals surface area contributed by atoms with E-state index in [1.165, 1.54) is 0 Å². The van der Waals surface area contributed by atoms with Crippen molar-refractivity contribution in [1.29, 1.82) is 0 Å². The minimum Gasteiger partial charge on any atom is -0.437 e. The van der Waals surface area contributed by atoms with Crippen LogP contribution in [0.2, 0.25) is 5.02 Å². The average molecular weight is 370 g/mol. The normalized spacial score (nSPS) is 10.7. The van der Waals surface area contributed by atoms with Crippen LogP contribution in [0.3, 0.4) is 0 Å². The van der Waals surface area contributed by atoms with Gasteiger partial charge < -0.3 is 10.1 Å². The molecule has 0 unspecified atom stereocenters. The van der Waals surface area contributed by atoms with E-state index in [1.54, 1.807) is 6.07 Å². The van der Waals surface area contributed by atoms with E-state index >= 15 is 0 Å². The van der Waals surface area contributed by atoms with Crippen LogP contribution in [0.15, 0.2) is 34.9 Å². The molecule has 2 rings (SSSR count). The summed E-state index contributed by atoms with van der Waals surface area (Å²) in [7, 11) is 0. The summed E-state index contributed by atoms with van der Waals surface area (Å²) < 4.78 is 6.72. The molecule has 3 nitrogen and oxygen atoms in total. The fraction of sp³-hybridized carbons (Fsp3) is 0.312. The van der Waals surface area contributed by atoms with Crippen molar-refractivity contribution in [1.82, 2.24) is 10.3 Å². The van der Waals surface area contributed by atoms with E-state index in [0.29, 0.717) is 16.7 Å². The number of rotatable bonds is 6. The first-order chi connectivity index (χ1) is 10.1. The first-order valence-corrected chi connectivity index (χ1v) is 8.06. The number of halogens is 2. The van der Waals surface area contributed by atoms with Gasteiger partial charge in [-0.05, 0) is 49.7 Å². The van der Waals surface area contributed by atoms with Gasteiger partial charge in [-0.2, -0.15) is 0 Å². The fourth-order valence-corrected chi connectivity index (χ4v) is 2.39. The molecular formula is C16H18BrClN2O. The Balaban J connectivity index is 2.12. The highest BCUT2D eigenvalue weighted by atomic mass is 79.9. The van der Waals surface area contributed by atoms with E-state index in [1.807, 2.05) is 25.3 Å². The second kappa shape index (κ2) is 7.78. The van der Waals surface area contributed by atoms with Crippen molar-refractivity contribution >= 4 is 27.5 Å². The molecule has 5 heteroatoms. The van der Waals surface area contributed by atoms with Gasteiger partial charge in [0.2, 0.25) is 5.88 Å². The van der Waals surface area contributed by atoms with Crippen molar-refractivity contribution in [2.75, 3.05) is 6.54 Å². The summed E-state index contributed by atoms with van der Waals surface area (Å²) in [5, 5.41) is 3.92. The smallest absolute Gasteiger partial charge is 0.222 e. The number of ether oxygens (including phenoxy) is 1. The second-order valence-electron chi connectivity index (χ2n) is 4.82. The summed E-state index contributed by atoms with van der Waals surface area (Å²) in [5.41, 5.74) is 2.13. The van der Waals surface area contributed by atoms with E-state index in [-0.39, 0.29) is 0 Å². The third kappa shape index (κ3) is 4.70. The largest absolute Gasteiger partial charge is 0.437 e. The quantitative estimate of drug-likeness (QED) is 0.719. The van der Waals surface area contributed by atoms with Crippen LogP contribution in [-0.4, -0.2) is 11.5 Å². The van der Waals surface area contributed by atoms with Gasteiger partial charge in [-0.15, -0.1) is 0 Å². The van der Waals surface area contributed by atoms with Crippen LogP contribution in [0.25, 0.3) is 0 Å². The molecule has 1 heterocycles. The van der Waals surface area contributed by atoms with Crippen molar-refractivity contribution in [3.8, 4) is 11.6 Å². The topological polar surface area (TPSA) is 34.2 Å². The Labute approximate surface area is 138 Å². The Morgan fingerprint density at radius 2 is 2.14 bits per heavy atom. The lowest BCUT2D eigenvalue weighted by Gasteiger charge is -2.11. The van der Waals surface area contributed by atoms with Crippen LogP contribution < -0.4 is 10.1 Å². The van der Waals surface area contributed by atoms with Gasteiger partial charge in [0.25, 0.3) is 0 Å². The van der Waals surface area contributed by atoms with Gasteiger partial charge in [0, 0.05) is 22.8 Å². The van der Waals surface area contributed by atoms with E-state index < -0.39 is 0 Å². The molecule has 1 aromatic carbocycles. The molecule has 0 saturated heterocycles. The lowest BCUT2D eigenvalue weighted by atomic mass is 10.2. The second-order valence-corrected chi connectivity index (χ2v) is 6.14. The Hall–Kier alpha value is -1.10. The summed E-state index contributed by atoms with van der Waals surface area (Å²) in [4.78, 5) is 4.39. The summed E-state index contributed by atoms with van der Waals surface area (Å²) in [6.07, 6.45) is 2.95. The van der Waals surface area contributed by atoms with Crippen LogP contribution in [0, 0.1) is 6.92 Å². The number of aromatic nitrogens is 1. The number of hydrogen-bond donors (Lipinski definition) is 1. The molecule has 112 valence electrons. The van der Waals surface area contributed by atoms with E-state index in [0.717, 1.165) is 35.1 Å². The van der Waals surface area contributed by atoms with Crippen molar-refractivity contribution < 1.29 is 4.74 Å². The van der Waals surface area contributed by atoms with Crippen LogP contribution in [0.1, 0.15) is 24.5 Å². The van der Waals surface area contributed by atoms with Crippen LogP contribution in [0.4, 0.5) is 0 Å². The molecule has 1 aromatic heterocycles. The summed E-state index contributed by atoms with van der Waals surface area (Å²) >= 11 is 9.54. The van der Waals surface area contributed by atoms with Gasteiger partial charge in [-0.1, -0.05) is 34.5 Å². The Bertz CT molecular complexity index is 619. The van der Waals surface area contributed by atoms with E-state index in [9.17, 15) is 0 Å². The van der Waals surface area contributed by atoms with E-state index in [4.69, 9.17) is 16.3 Å². The van der Waals surface area contributed by atoms with Gasteiger partial charge in [0.05, 0.1) is 5.02 Å². The maximum atomic E-state index is 6.13. The molecule has 21 heavy (non-hydrogen) atoms. The summed E-state index contributed by atoms with van der Waals surface area (Å²) in [6.45, 7) is 5.96. The highest BCUT2D eigenvalue weighted by Crippen LogP contribution is 2.32. The maximum Gasteiger partial charge on any atom is 0.222 e. The number of hydrogen-bond acceptors (Lipinski definition) is 3. The SMILES string of the molecule is CCCNCc1cnc(Oc2cc(Br)ccc2Cl)c(C)c1. The molecule has 2 aromatic rings. The lowest BCUT2D eigenvalue weighted by molar-refractivity contribution is 0.458. The molecule has 0 saturated carbocycles. The molecule has 0 aliphatic carbocycles. The zero-order valence-corrected chi connectivity index (χ0v) is 14.5. The molecule has 0 radical (unpaired) electrons. The Kier molecular flexibility index (Phi) is 6.03. The first-order valence-electron chi connectivity index (χ1n) is 6.89. The number of benzene rings is 1. The molecule has 0 spiro atoms. The Morgan fingerprint density at radius 3 is 2.86 bits per heavy atom. The maximum absolute atomic E-state index is 6.13. The third-order valence-corrected chi connectivity index (χ3v) is 3.75. The van der Waals surface area contributed by atoms with Crippen LogP contribution in [0.5, 0.6) is 11.6 Å². The number of pyridine rings is 1. The standard InChI is InChI=1S/C16H18BrClN2O/c1-3-6-19-9-12-7-11(2)16(20-10-12)21-15-8-13(17)4-5-14(15)18/h4-5,7-8,10,19H,3,6,9H2,1-2H3. The number of aryl methyl sites for hydroxylation is 1. The van der Waals surface area contributed by atoms with Gasteiger partial charge in [0.1, 0.15) is 5.75 Å². The molecule has 0 aliphatic heterocycles. The van der Waals surface area contributed by atoms with Gasteiger partial charge in [-0.25, -0.2) is 4.98 Å². The average Bonchev–Trinajstić information content (AvgIpc) is 2.46. The fourth-order valence-electron chi connectivity index (χ4n) is 1.89. The van der Waals surface area contributed by atoms with Crippen molar-refractivity contribution in [2.45, 2.75) is 26.8 Å². The number of nitrogens with zero attached hydrogens (tertiary/aromatic N) is 1. The van der Waals surface area contributed by atoms with Crippen molar-refractivity contribution in [2.24, 2.45) is 0 Å². The van der Waals surface area contributed by atoms with Gasteiger partial charge >= 0.3 is 0 Å². The monoisotopic (exact) mass is 368 g/mol. The molecule has 0 aliphatic rings. The highest BCUT2D eigenvalue weighted by Gasteiger charge is 2.08. The van der Waals surface area contributed by atoms with E-state index in [2.05, 4.69) is 39.2 Å². The van der Waals surface area contributed by atoms with Gasteiger partial charge in [0.15, 0.2) is 0 Å². The highest BCUT2D eigenvalue weighted by molar-refractivity contribution is 9.10. The van der Waals surface area contributed by atoms with Crippen LogP contribution >= 0.6 is 27.5 Å². The lowest BCUT2D eigenvalue weighted by Crippen LogP contribution is -2.14.